The standard InChI is InChI=1S/C15H21NO2/c1-16-14(17)15(10-4-3-5-11-15)12-6-8-13(18-2)9-7-12/h6-9H,3-5,10-11H2,1-2H3,(H,16,17). The number of methoxy groups -OCH3 is 1. The zero-order valence-electron chi connectivity index (χ0n) is 11.2. The van der Waals surface area contributed by atoms with Crippen LogP contribution in [0.15, 0.2) is 24.3 Å². The Labute approximate surface area is 109 Å². The summed E-state index contributed by atoms with van der Waals surface area (Å²) in [5.41, 5.74) is 0.779. The minimum atomic E-state index is -0.334. The molecule has 3 nitrogen and oxygen atoms in total. The fourth-order valence-electron chi connectivity index (χ4n) is 2.95. The van der Waals surface area contributed by atoms with E-state index in [2.05, 4.69) is 5.32 Å². The molecule has 1 amide bonds. The van der Waals surface area contributed by atoms with Crippen molar-refractivity contribution in [2.24, 2.45) is 0 Å². The van der Waals surface area contributed by atoms with Gasteiger partial charge in [0.05, 0.1) is 12.5 Å². The van der Waals surface area contributed by atoms with Crippen molar-refractivity contribution in [3.63, 3.8) is 0 Å². The van der Waals surface area contributed by atoms with Crippen LogP contribution in [0.4, 0.5) is 0 Å². The zero-order chi connectivity index (χ0) is 13.0. The third kappa shape index (κ3) is 2.22. The molecule has 1 saturated carbocycles. The molecule has 0 radical (unpaired) electrons. The summed E-state index contributed by atoms with van der Waals surface area (Å²) in [5, 5.41) is 2.83. The summed E-state index contributed by atoms with van der Waals surface area (Å²) in [7, 11) is 3.38. The predicted molar refractivity (Wildman–Crippen MR) is 71.8 cm³/mol. The van der Waals surface area contributed by atoms with Gasteiger partial charge in [0.15, 0.2) is 0 Å². The number of rotatable bonds is 3. The third-order valence-corrected chi connectivity index (χ3v) is 4.01. The number of hydrogen-bond acceptors (Lipinski definition) is 2. The Morgan fingerprint density at radius 1 is 1.17 bits per heavy atom. The number of carbonyl (C=O) groups is 1. The van der Waals surface area contributed by atoms with Gasteiger partial charge in [-0.2, -0.15) is 0 Å². The molecular weight excluding hydrogens is 226 g/mol. The van der Waals surface area contributed by atoms with Crippen LogP contribution in [0.2, 0.25) is 0 Å². The number of nitrogens with one attached hydrogen (secondary N) is 1. The van der Waals surface area contributed by atoms with Crippen molar-refractivity contribution in [1.82, 2.24) is 5.32 Å². The van der Waals surface area contributed by atoms with Crippen LogP contribution in [0.3, 0.4) is 0 Å². The van der Waals surface area contributed by atoms with Gasteiger partial charge in [-0.25, -0.2) is 0 Å². The van der Waals surface area contributed by atoms with Crippen LogP contribution < -0.4 is 10.1 Å². The third-order valence-electron chi connectivity index (χ3n) is 4.01. The van der Waals surface area contributed by atoms with Crippen LogP contribution >= 0.6 is 0 Å². The van der Waals surface area contributed by atoms with Crippen LogP contribution in [0.5, 0.6) is 5.75 Å². The van der Waals surface area contributed by atoms with Gasteiger partial charge >= 0.3 is 0 Å². The lowest BCUT2D eigenvalue weighted by Gasteiger charge is -2.36. The monoisotopic (exact) mass is 247 g/mol. The first kappa shape index (κ1) is 12.9. The van der Waals surface area contributed by atoms with Gasteiger partial charge in [-0.3, -0.25) is 4.79 Å². The number of hydrogen-bond donors (Lipinski definition) is 1. The fraction of sp³-hybridized carbons (Fsp3) is 0.533. The van der Waals surface area contributed by atoms with Crippen LogP contribution in [-0.2, 0) is 10.2 Å². The smallest absolute Gasteiger partial charge is 0.230 e. The van der Waals surface area contributed by atoms with Gasteiger partial charge in [-0.05, 0) is 30.5 Å². The van der Waals surface area contributed by atoms with E-state index in [1.807, 2.05) is 24.3 Å². The largest absolute Gasteiger partial charge is 0.497 e. The van der Waals surface area contributed by atoms with E-state index < -0.39 is 0 Å². The lowest BCUT2D eigenvalue weighted by Crippen LogP contribution is -2.44. The maximum atomic E-state index is 12.3. The molecule has 1 aromatic rings. The van der Waals surface area contributed by atoms with E-state index in [4.69, 9.17) is 4.74 Å². The summed E-state index contributed by atoms with van der Waals surface area (Å²) in [6.45, 7) is 0. The van der Waals surface area contributed by atoms with Gasteiger partial charge in [0.25, 0.3) is 0 Å². The van der Waals surface area contributed by atoms with Crippen molar-refractivity contribution < 1.29 is 9.53 Å². The Morgan fingerprint density at radius 3 is 2.28 bits per heavy atom. The van der Waals surface area contributed by atoms with Crippen LogP contribution in [0.1, 0.15) is 37.7 Å². The first-order chi connectivity index (χ1) is 8.73. The van der Waals surface area contributed by atoms with Crippen molar-refractivity contribution in [3.05, 3.63) is 29.8 Å². The van der Waals surface area contributed by atoms with E-state index in [1.165, 1.54) is 6.42 Å². The molecule has 0 spiro atoms. The molecule has 2 rings (SSSR count). The van der Waals surface area contributed by atoms with Crippen molar-refractivity contribution in [3.8, 4) is 5.75 Å². The summed E-state index contributed by atoms with van der Waals surface area (Å²) in [6, 6.07) is 7.93. The van der Waals surface area contributed by atoms with E-state index in [0.717, 1.165) is 37.0 Å². The lowest BCUT2D eigenvalue weighted by atomic mass is 9.69. The lowest BCUT2D eigenvalue weighted by molar-refractivity contribution is -0.127. The fourth-order valence-corrected chi connectivity index (χ4v) is 2.95. The summed E-state index contributed by atoms with van der Waals surface area (Å²) >= 11 is 0. The van der Waals surface area contributed by atoms with Crippen LogP contribution in [-0.4, -0.2) is 20.1 Å². The zero-order valence-corrected chi connectivity index (χ0v) is 11.2. The van der Waals surface area contributed by atoms with Crippen LogP contribution in [0, 0.1) is 0 Å². The Bertz CT molecular complexity index is 405. The minimum absolute atomic E-state index is 0.146. The molecule has 0 aliphatic heterocycles. The maximum absolute atomic E-state index is 12.3. The Hall–Kier alpha value is -1.51. The second-order valence-electron chi connectivity index (χ2n) is 4.95. The van der Waals surface area contributed by atoms with E-state index in [0.29, 0.717) is 0 Å². The van der Waals surface area contributed by atoms with Gasteiger partial charge in [0, 0.05) is 7.05 Å². The van der Waals surface area contributed by atoms with Crippen molar-refractivity contribution >= 4 is 5.91 Å². The molecule has 1 aromatic carbocycles. The number of ether oxygens (including phenoxy) is 1. The molecule has 1 aliphatic rings. The highest BCUT2D eigenvalue weighted by Gasteiger charge is 2.40. The van der Waals surface area contributed by atoms with E-state index >= 15 is 0 Å². The average molecular weight is 247 g/mol. The van der Waals surface area contributed by atoms with E-state index in [1.54, 1.807) is 14.2 Å². The molecule has 0 saturated heterocycles. The Morgan fingerprint density at radius 2 is 1.78 bits per heavy atom. The van der Waals surface area contributed by atoms with Gasteiger partial charge in [0.1, 0.15) is 5.75 Å². The summed E-state index contributed by atoms with van der Waals surface area (Å²) in [5.74, 6) is 0.981. The maximum Gasteiger partial charge on any atom is 0.230 e. The van der Waals surface area contributed by atoms with E-state index in [-0.39, 0.29) is 11.3 Å². The Balaban J connectivity index is 2.35. The summed E-state index contributed by atoms with van der Waals surface area (Å²) < 4.78 is 5.18. The van der Waals surface area contributed by atoms with Crippen molar-refractivity contribution in [1.29, 1.82) is 0 Å². The molecule has 3 heteroatoms. The molecule has 98 valence electrons. The molecule has 18 heavy (non-hydrogen) atoms. The molecule has 0 heterocycles. The minimum Gasteiger partial charge on any atom is -0.497 e. The molecule has 0 unspecified atom stereocenters. The van der Waals surface area contributed by atoms with Crippen molar-refractivity contribution in [2.45, 2.75) is 37.5 Å². The average Bonchev–Trinajstić information content (AvgIpc) is 2.47. The van der Waals surface area contributed by atoms with Gasteiger partial charge in [-0.15, -0.1) is 0 Å². The molecule has 1 N–H and O–H groups in total. The number of benzene rings is 1. The number of likely N-dealkylation sites (N-methyl/N-ethyl adjacent to an activating group) is 1. The quantitative estimate of drug-likeness (QED) is 0.891. The second-order valence-corrected chi connectivity index (χ2v) is 4.95. The second kappa shape index (κ2) is 5.42. The molecular formula is C15H21NO2. The SMILES string of the molecule is CNC(=O)C1(c2ccc(OC)cc2)CCCCC1. The number of carbonyl (C=O) groups excluding carboxylic acids is 1. The molecule has 1 fully saturated rings. The van der Waals surface area contributed by atoms with Gasteiger partial charge in [0.2, 0.25) is 5.91 Å². The predicted octanol–water partition coefficient (Wildman–Crippen LogP) is 2.64. The van der Waals surface area contributed by atoms with Crippen molar-refractivity contribution in [2.75, 3.05) is 14.2 Å². The highest BCUT2D eigenvalue weighted by molar-refractivity contribution is 5.88. The van der Waals surface area contributed by atoms with Crippen LogP contribution in [0.25, 0.3) is 0 Å². The molecule has 0 atom stereocenters. The van der Waals surface area contributed by atoms with Gasteiger partial charge in [-0.1, -0.05) is 31.4 Å². The summed E-state index contributed by atoms with van der Waals surface area (Å²) in [4.78, 5) is 12.3. The Kier molecular flexibility index (Phi) is 3.90. The highest BCUT2D eigenvalue weighted by Crippen LogP contribution is 2.40. The number of amides is 1. The highest BCUT2D eigenvalue weighted by atomic mass is 16.5. The normalized spacial score (nSPS) is 18.1. The first-order valence-electron chi connectivity index (χ1n) is 6.59. The topological polar surface area (TPSA) is 38.3 Å². The van der Waals surface area contributed by atoms with Gasteiger partial charge < -0.3 is 10.1 Å². The van der Waals surface area contributed by atoms with E-state index in [9.17, 15) is 4.79 Å². The molecule has 1 aliphatic carbocycles. The first-order valence-corrected chi connectivity index (χ1v) is 6.59. The molecule has 0 aromatic heterocycles. The molecule has 0 bridgehead atoms. The summed E-state index contributed by atoms with van der Waals surface area (Å²) in [6.07, 6.45) is 5.37.